The molecule has 2 aliphatic rings. The minimum atomic E-state index is -0.456. The second-order valence-electron chi connectivity index (χ2n) is 6.14. The SMILES string of the molecule is O=C1NC[C@]2(CCCN(C(=O)CCn3ccccc3=O)CC2)O1. The molecule has 124 valence electrons. The van der Waals surface area contributed by atoms with Crippen LogP contribution in [0.4, 0.5) is 4.79 Å². The van der Waals surface area contributed by atoms with Crippen molar-refractivity contribution in [3.05, 3.63) is 34.7 Å². The van der Waals surface area contributed by atoms with E-state index in [1.165, 1.54) is 6.07 Å². The molecule has 0 unspecified atom stereocenters. The Morgan fingerprint density at radius 3 is 2.87 bits per heavy atom. The number of carbonyl (C=O) groups excluding carboxylic acids is 2. The van der Waals surface area contributed by atoms with Crippen LogP contribution in [0.3, 0.4) is 0 Å². The third-order valence-electron chi connectivity index (χ3n) is 4.58. The number of nitrogens with zero attached hydrogens (tertiary/aromatic N) is 2. The molecule has 1 spiro atoms. The molecule has 2 fully saturated rings. The van der Waals surface area contributed by atoms with Gasteiger partial charge < -0.3 is 19.5 Å². The summed E-state index contributed by atoms with van der Waals surface area (Å²) in [7, 11) is 0. The third-order valence-corrected chi connectivity index (χ3v) is 4.58. The van der Waals surface area contributed by atoms with Crippen LogP contribution in [0.5, 0.6) is 0 Å². The van der Waals surface area contributed by atoms with E-state index in [2.05, 4.69) is 5.32 Å². The lowest BCUT2D eigenvalue weighted by Crippen LogP contribution is -2.37. The van der Waals surface area contributed by atoms with E-state index in [0.29, 0.717) is 39.0 Å². The molecule has 1 aromatic rings. The molecule has 0 aromatic carbocycles. The molecule has 3 heterocycles. The lowest BCUT2D eigenvalue weighted by Gasteiger charge is -2.25. The van der Waals surface area contributed by atoms with Gasteiger partial charge in [0.1, 0.15) is 5.60 Å². The third kappa shape index (κ3) is 3.55. The fourth-order valence-electron chi connectivity index (χ4n) is 3.22. The largest absolute Gasteiger partial charge is 0.441 e. The molecule has 0 saturated carbocycles. The van der Waals surface area contributed by atoms with E-state index >= 15 is 0 Å². The average molecular weight is 319 g/mol. The fraction of sp³-hybridized carbons (Fsp3) is 0.562. The molecule has 1 aromatic heterocycles. The number of hydrogen-bond donors (Lipinski definition) is 1. The van der Waals surface area contributed by atoms with Gasteiger partial charge in [-0.1, -0.05) is 6.07 Å². The molecule has 7 nitrogen and oxygen atoms in total. The predicted molar refractivity (Wildman–Crippen MR) is 83.0 cm³/mol. The molecule has 2 saturated heterocycles. The van der Waals surface area contributed by atoms with Gasteiger partial charge in [0.2, 0.25) is 5.91 Å². The van der Waals surface area contributed by atoms with Crippen LogP contribution in [0, 0.1) is 0 Å². The summed E-state index contributed by atoms with van der Waals surface area (Å²) in [5.74, 6) is 0.0371. The topological polar surface area (TPSA) is 80.6 Å². The zero-order chi connectivity index (χ0) is 16.3. The summed E-state index contributed by atoms with van der Waals surface area (Å²) in [6, 6.07) is 4.95. The van der Waals surface area contributed by atoms with Gasteiger partial charge in [0.25, 0.3) is 5.56 Å². The first-order valence-electron chi connectivity index (χ1n) is 7.98. The van der Waals surface area contributed by atoms with Crippen molar-refractivity contribution in [2.24, 2.45) is 0 Å². The molecular formula is C16H21N3O4. The molecule has 1 atom stereocenters. The number of amides is 2. The highest BCUT2D eigenvalue weighted by Crippen LogP contribution is 2.29. The zero-order valence-electron chi connectivity index (χ0n) is 13.0. The molecule has 0 aliphatic carbocycles. The Hall–Kier alpha value is -2.31. The monoisotopic (exact) mass is 319 g/mol. The number of nitrogens with one attached hydrogen (secondary N) is 1. The van der Waals surface area contributed by atoms with Crippen molar-refractivity contribution in [2.75, 3.05) is 19.6 Å². The van der Waals surface area contributed by atoms with Gasteiger partial charge in [0.15, 0.2) is 0 Å². The second kappa shape index (κ2) is 6.44. The summed E-state index contributed by atoms with van der Waals surface area (Å²) >= 11 is 0. The molecule has 3 rings (SSSR count). The number of likely N-dealkylation sites (tertiary alicyclic amines) is 1. The summed E-state index contributed by atoms with van der Waals surface area (Å²) in [6.07, 6.45) is 3.86. The molecule has 2 amide bonds. The number of alkyl carbamates (subject to hydrolysis) is 1. The van der Waals surface area contributed by atoms with Crippen molar-refractivity contribution in [2.45, 2.75) is 37.8 Å². The minimum Gasteiger partial charge on any atom is -0.441 e. The summed E-state index contributed by atoms with van der Waals surface area (Å²) in [4.78, 5) is 37.1. The van der Waals surface area contributed by atoms with Crippen LogP contribution in [0.15, 0.2) is 29.2 Å². The lowest BCUT2D eigenvalue weighted by atomic mass is 9.95. The van der Waals surface area contributed by atoms with Crippen molar-refractivity contribution in [1.29, 1.82) is 0 Å². The van der Waals surface area contributed by atoms with Crippen LogP contribution in [0.2, 0.25) is 0 Å². The number of carbonyl (C=O) groups is 2. The van der Waals surface area contributed by atoms with Crippen LogP contribution >= 0.6 is 0 Å². The van der Waals surface area contributed by atoms with Gasteiger partial charge in [-0.15, -0.1) is 0 Å². The normalized spacial score (nSPS) is 24.2. The highest BCUT2D eigenvalue weighted by atomic mass is 16.6. The number of pyridine rings is 1. The first kappa shape index (κ1) is 15.6. The molecule has 0 radical (unpaired) electrons. The molecule has 7 heteroatoms. The average Bonchev–Trinajstić information content (AvgIpc) is 2.78. The van der Waals surface area contributed by atoms with Crippen molar-refractivity contribution in [3.8, 4) is 0 Å². The highest BCUT2D eigenvalue weighted by Gasteiger charge is 2.41. The number of aromatic nitrogens is 1. The van der Waals surface area contributed by atoms with Gasteiger partial charge >= 0.3 is 6.09 Å². The second-order valence-corrected chi connectivity index (χ2v) is 6.14. The Morgan fingerprint density at radius 2 is 2.13 bits per heavy atom. The number of aryl methyl sites for hydroxylation is 1. The van der Waals surface area contributed by atoms with Crippen LogP contribution in [0.25, 0.3) is 0 Å². The Bertz CT molecular complexity index is 657. The molecule has 23 heavy (non-hydrogen) atoms. The quantitative estimate of drug-likeness (QED) is 0.890. The van der Waals surface area contributed by atoms with E-state index in [9.17, 15) is 14.4 Å². The Labute approximate surface area is 134 Å². The predicted octanol–water partition coefficient (Wildman–Crippen LogP) is 0.729. The highest BCUT2D eigenvalue weighted by molar-refractivity contribution is 5.76. The van der Waals surface area contributed by atoms with Crippen molar-refractivity contribution < 1.29 is 14.3 Å². The van der Waals surface area contributed by atoms with Gasteiger partial charge in [0.05, 0.1) is 6.54 Å². The van der Waals surface area contributed by atoms with Crippen LogP contribution in [0.1, 0.15) is 25.7 Å². The maximum Gasteiger partial charge on any atom is 0.407 e. The van der Waals surface area contributed by atoms with Gasteiger partial charge in [-0.2, -0.15) is 0 Å². The van der Waals surface area contributed by atoms with Gasteiger partial charge in [0, 0.05) is 44.7 Å². The van der Waals surface area contributed by atoms with Gasteiger partial charge in [-0.25, -0.2) is 4.79 Å². The van der Waals surface area contributed by atoms with Crippen LogP contribution in [-0.4, -0.2) is 46.7 Å². The first-order valence-corrected chi connectivity index (χ1v) is 7.98. The van der Waals surface area contributed by atoms with Crippen molar-refractivity contribution in [3.63, 3.8) is 0 Å². The molecule has 2 aliphatic heterocycles. The van der Waals surface area contributed by atoms with E-state index in [1.807, 2.05) is 4.90 Å². The summed E-state index contributed by atoms with van der Waals surface area (Å²) in [6.45, 7) is 2.16. The smallest absolute Gasteiger partial charge is 0.407 e. The lowest BCUT2D eigenvalue weighted by molar-refractivity contribution is -0.131. The summed E-state index contributed by atoms with van der Waals surface area (Å²) in [5.41, 5.74) is -0.554. The van der Waals surface area contributed by atoms with Crippen molar-refractivity contribution >= 4 is 12.0 Å². The van der Waals surface area contributed by atoms with Gasteiger partial charge in [-0.05, 0) is 18.9 Å². The van der Waals surface area contributed by atoms with Crippen molar-refractivity contribution in [1.82, 2.24) is 14.8 Å². The summed E-state index contributed by atoms with van der Waals surface area (Å²) in [5, 5.41) is 2.70. The zero-order valence-corrected chi connectivity index (χ0v) is 13.0. The van der Waals surface area contributed by atoms with E-state index in [0.717, 1.165) is 12.8 Å². The number of rotatable bonds is 3. The number of ether oxygens (including phenoxy) is 1. The fourth-order valence-corrected chi connectivity index (χ4v) is 3.22. The Morgan fingerprint density at radius 1 is 1.26 bits per heavy atom. The Kier molecular flexibility index (Phi) is 4.36. The maximum absolute atomic E-state index is 12.4. The van der Waals surface area contributed by atoms with E-state index in [4.69, 9.17) is 4.74 Å². The van der Waals surface area contributed by atoms with Gasteiger partial charge in [-0.3, -0.25) is 9.59 Å². The van der Waals surface area contributed by atoms with E-state index < -0.39 is 5.60 Å². The first-order chi connectivity index (χ1) is 11.1. The summed E-state index contributed by atoms with van der Waals surface area (Å²) < 4.78 is 6.95. The van der Waals surface area contributed by atoms with Crippen LogP contribution in [-0.2, 0) is 16.1 Å². The Balaban J connectivity index is 1.55. The minimum absolute atomic E-state index is 0.0371. The standard InChI is InChI=1S/C16H21N3O4/c20-13-4-1-2-8-18(13)10-5-14(21)19-9-3-6-16(7-11-19)12-17-15(22)23-16/h1-2,4,8H,3,5-7,9-12H2,(H,17,22)/t16-/m1/s1. The maximum atomic E-state index is 12.4. The molecule has 0 bridgehead atoms. The molecule has 1 N–H and O–H groups in total. The van der Waals surface area contributed by atoms with Crippen LogP contribution < -0.4 is 10.9 Å². The molecular weight excluding hydrogens is 298 g/mol. The van der Waals surface area contributed by atoms with E-state index in [-0.39, 0.29) is 17.6 Å². The van der Waals surface area contributed by atoms with E-state index in [1.54, 1.807) is 22.9 Å². The number of hydrogen-bond acceptors (Lipinski definition) is 4.